The van der Waals surface area contributed by atoms with Crippen LogP contribution in [0.2, 0.25) is 0 Å². The molecule has 6 heteroatoms. The highest BCUT2D eigenvalue weighted by Crippen LogP contribution is 2.27. The topological polar surface area (TPSA) is 57.7 Å². The van der Waals surface area contributed by atoms with Crippen LogP contribution >= 0.6 is 0 Å². The number of hydrogen-bond acceptors (Lipinski definition) is 5. The van der Waals surface area contributed by atoms with Crippen molar-refractivity contribution in [2.45, 2.75) is 13.2 Å². The standard InChI is InChI=1S/C16H18N4O2/c21-8-7-18-11-19(10-13-4-3-9-22-13)16-17-14-5-1-2-6-15(14)20(16)12-18/h1-6,9,21H,7-8,10-12H2. The first-order valence-electron chi connectivity index (χ1n) is 7.41. The lowest BCUT2D eigenvalue weighted by Crippen LogP contribution is -2.45. The van der Waals surface area contributed by atoms with E-state index < -0.39 is 0 Å². The van der Waals surface area contributed by atoms with Crippen LogP contribution in [0.1, 0.15) is 5.76 Å². The molecule has 22 heavy (non-hydrogen) atoms. The van der Waals surface area contributed by atoms with E-state index in [-0.39, 0.29) is 6.61 Å². The fourth-order valence-electron chi connectivity index (χ4n) is 2.99. The SMILES string of the molecule is OCCN1CN(Cc2ccco2)c2nc3ccccc3n2C1. The highest BCUT2D eigenvalue weighted by atomic mass is 16.3. The minimum absolute atomic E-state index is 0.149. The van der Waals surface area contributed by atoms with Crippen LogP contribution in [0.25, 0.3) is 11.0 Å². The quantitative estimate of drug-likeness (QED) is 0.797. The van der Waals surface area contributed by atoms with Crippen molar-refractivity contribution in [3.05, 3.63) is 48.4 Å². The Kier molecular flexibility index (Phi) is 3.32. The van der Waals surface area contributed by atoms with E-state index in [0.29, 0.717) is 13.1 Å². The highest BCUT2D eigenvalue weighted by Gasteiger charge is 2.26. The van der Waals surface area contributed by atoms with Crippen LogP contribution in [0, 0.1) is 0 Å². The van der Waals surface area contributed by atoms with Crippen LogP contribution in [0.15, 0.2) is 47.1 Å². The van der Waals surface area contributed by atoms with Crippen molar-refractivity contribution in [1.82, 2.24) is 14.5 Å². The Balaban J connectivity index is 1.75. The zero-order chi connectivity index (χ0) is 14.9. The first-order chi connectivity index (χ1) is 10.8. The number of furan rings is 1. The molecule has 4 rings (SSSR count). The number of benzene rings is 1. The number of fused-ring (bicyclic) bond motifs is 3. The normalized spacial score (nSPS) is 15.4. The molecule has 6 nitrogen and oxygen atoms in total. The number of rotatable bonds is 4. The smallest absolute Gasteiger partial charge is 0.209 e. The molecule has 2 aromatic heterocycles. The summed E-state index contributed by atoms with van der Waals surface area (Å²) in [6.45, 7) is 2.92. The van der Waals surface area contributed by atoms with E-state index in [9.17, 15) is 5.11 Å². The molecule has 1 aliphatic heterocycles. The summed E-state index contributed by atoms with van der Waals surface area (Å²) in [5.41, 5.74) is 2.11. The lowest BCUT2D eigenvalue weighted by molar-refractivity contribution is 0.151. The maximum absolute atomic E-state index is 9.27. The molecule has 0 unspecified atom stereocenters. The van der Waals surface area contributed by atoms with Crippen molar-refractivity contribution in [3.63, 3.8) is 0 Å². The van der Waals surface area contributed by atoms with Crippen molar-refractivity contribution >= 4 is 17.0 Å². The van der Waals surface area contributed by atoms with Crippen LogP contribution < -0.4 is 4.90 Å². The second-order valence-electron chi connectivity index (χ2n) is 5.51. The summed E-state index contributed by atoms with van der Waals surface area (Å²) < 4.78 is 7.67. The van der Waals surface area contributed by atoms with Crippen molar-refractivity contribution in [3.8, 4) is 0 Å². The number of aliphatic hydroxyl groups excluding tert-OH is 1. The molecule has 0 atom stereocenters. The van der Waals surface area contributed by atoms with Crippen LogP contribution in [0.4, 0.5) is 5.95 Å². The molecule has 0 saturated heterocycles. The Morgan fingerprint density at radius 2 is 2.05 bits per heavy atom. The van der Waals surface area contributed by atoms with E-state index in [1.165, 1.54) is 0 Å². The van der Waals surface area contributed by atoms with Crippen LogP contribution in [-0.4, -0.2) is 39.4 Å². The zero-order valence-corrected chi connectivity index (χ0v) is 12.2. The van der Waals surface area contributed by atoms with Gasteiger partial charge in [0.05, 0.1) is 43.8 Å². The summed E-state index contributed by atoms with van der Waals surface area (Å²) in [5, 5.41) is 9.27. The van der Waals surface area contributed by atoms with E-state index in [4.69, 9.17) is 9.40 Å². The van der Waals surface area contributed by atoms with Gasteiger partial charge in [0, 0.05) is 6.54 Å². The predicted octanol–water partition coefficient (Wildman–Crippen LogP) is 1.86. The minimum atomic E-state index is 0.149. The van der Waals surface area contributed by atoms with Gasteiger partial charge in [0.1, 0.15) is 5.76 Å². The highest BCUT2D eigenvalue weighted by molar-refractivity contribution is 5.79. The molecular formula is C16H18N4O2. The van der Waals surface area contributed by atoms with E-state index in [1.54, 1.807) is 6.26 Å². The maximum atomic E-state index is 9.27. The third-order valence-corrected chi connectivity index (χ3v) is 3.97. The summed E-state index contributed by atoms with van der Waals surface area (Å²) in [5.74, 6) is 1.86. The molecule has 0 saturated carbocycles. The van der Waals surface area contributed by atoms with E-state index >= 15 is 0 Å². The van der Waals surface area contributed by atoms with Gasteiger partial charge in [-0.3, -0.25) is 9.47 Å². The van der Waals surface area contributed by atoms with Crippen molar-refractivity contribution in [2.24, 2.45) is 0 Å². The van der Waals surface area contributed by atoms with Crippen molar-refractivity contribution in [2.75, 3.05) is 24.7 Å². The Labute approximate surface area is 128 Å². The van der Waals surface area contributed by atoms with Gasteiger partial charge in [-0.15, -0.1) is 0 Å². The molecule has 0 aliphatic carbocycles. The van der Waals surface area contributed by atoms with Crippen molar-refractivity contribution < 1.29 is 9.52 Å². The fourth-order valence-corrected chi connectivity index (χ4v) is 2.99. The lowest BCUT2D eigenvalue weighted by Gasteiger charge is -2.36. The van der Waals surface area contributed by atoms with Gasteiger partial charge in [0.25, 0.3) is 0 Å². The zero-order valence-electron chi connectivity index (χ0n) is 12.2. The number of anilines is 1. The summed E-state index contributed by atoms with van der Waals surface area (Å²) in [6, 6.07) is 12.0. The number of imidazole rings is 1. The van der Waals surface area contributed by atoms with Gasteiger partial charge >= 0.3 is 0 Å². The molecule has 3 aromatic rings. The van der Waals surface area contributed by atoms with Gasteiger partial charge in [0.15, 0.2) is 0 Å². The number of aromatic nitrogens is 2. The summed E-state index contributed by atoms with van der Waals surface area (Å²) in [6.07, 6.45) is 1.69. The van der Waals surface area contributed by atoms with Gasteiger partial charge < -0.3 is 14.4 Å². The number of aliphatic hydroxyl groups is 1. The Bertz CT molecular complexity index is 766. The molecule has 1 aliphatic rings. The Hall–Kier alpha value is -2.31. The van der Waals surface area contributed by atoms with Crippen LogP contribution in [-0.2, 0) is 13.2 Å². The average Bonchev–Trinajstić information content (AvgIpc) is 3.15. The predicted molar refractivity (Wildman–Crippen MR) is 83.3 cm³/mol. The molecule has 114 valence electrons. The first kappa shape index (κ1) is 13.4. The van der Waals surface area contributed by atoms with E-state index in [2.05, 4.69) is 20.4 Å². The molecule has 0 bridgehead atoms. The van der Waals surface area contributed by atoms with Gasteiger partial charge in [-0.05, 0) is 24.3 Å². The monoisotopic (exact) mass is 298 g/mol. The molecule has 0 amide bonds. The maximum Gasteiger partial charge on any atom is 0.209 e. The average molecular weight is 298 g/mol. The molecular weight excluding hydrogens is 280 g/mol. The van der Waals surface area contributed by atoms with Crippen molar-refractivity contribution in [1.29, 1.82) is 0 Å². The Morgan fingerprint density at radius 1 is 1.14 bits per heavy atom. The van der Waals surface area contributed by atoms with Gasteiger partial charge in [-0.1, -0.05) is 12.1 Å². The summed E-state index contributed by atoms with van der Waals surface area (Å²) in [7, 11) is 0. The van der Waals surface area contributed by atoms with Gasteiger partial charge in [-0.2, -0.15) is 0 Å². The number of β-amino-alcohol motifs (C(OH)–C–C–N with tert-alkyl or cyclic N) is 1. The minimum Gasteiger partial charge on any atom is -0.467 e. The van der Waals surface area contributed by atoms with E-state index in [1.807, 2.05) is 30.3 Å². The third-order valence-electron chi connectivity index (χ3n) is 3.97. The van der Waals surface area contributed by atoms with Gasteiger partial charge in [-0.25, -0.2) is 4.98 Å². The fraction of sp³-hybridized carbons (Fsp3) is 0.312. The largest absolute Gasteiger partial charge is 0.467 e. The molecule has 1 N–H and O–H groups in total. The summed E-state index contributed by atoms with van der Waals surface area (Å²) >= 11 is 0. The second-order valence-corrected chi connectivity index (χ2v) is 5.51. The number of hydrogen-bond donors (Lipinski definition) is 1. The van der Waals surface area contributed by atoms with E-state index in [0.717, 1.165) is 36.1 Å². The summed E-state index contributed by atoms with van der Waals surface area (Å²) in [4.78, 5) is 9.14. The molecule has 0 radical (unpaired) electrons. The van der Waals surface area contributed by atoms with Gasteiger partial charge in [0.2, 0.25) is 5.95 Å². The molecule has 1 aromatic carbocycles. The second kappa shape index (κ2) is 5.47. The lowest BCUT2D eigenvalue weighted by atomic mass is 10.3. The first-order valence-corrected chi connectivity index (χ1v) is 7.41. The molecule has 3 heterocycles. The Morgan fingerprint density at radius 3 is 2.86 bits per heavy atom. The molecule has 0 fully saturated rings. The van der Waals surface area contributed by atoms with Crippen LogP contribution in [0.3, 0.4) is 0 Å². The third kappa shape index (κ3) is 2.26. The molecule has 0 spiro atoms. The number of para-hydroxylation sites is 2. The number of nitrogens with zero attached hydrogens (tertiary/aromatic N) is 4. The van der Waals surface area contributed by atoms with Crippen LogP contribution in [0.5, 0.6) is 0 Å².